The lowest BCUT2D eigenvalue weighted by Gasteiger charge is -2.23. The van der Waals surface area contributed by atoms with Crippen LogP contribution in [-0.4, -0.2) is 44.5 Å². The Morgan fingerprint density at radius 2 is 1.85 bits per heavy atom. The molecule has 0 atom stereocenters. The summed E-state index contributed by atoms with van der Waals surface area (Å²) in [6.45, 7) is 0.615. The van der Waals surface area contributed by atoms with Crippen LogP contribution in [0.4, 0.5) is 10.1 Å². The molecule has 0 aliphatic heterocycles. The maximum absolute atomic E-state index is 12.9. The van der Waals surface area contributed by atoms with Crippen LogP contribution in [0.25, 0.3) is 0 Å². The molecule has 2 N–H and O–H groups in total. The Morgan fingerprint density at radius 3 is 2.48 bits per heavy atom. The summed E-state index contributed by atoms with van der Waals surface area (Å²) in [5.74, 6) is 0.775. The minimum absolute atomic E-state index is 0. The number of ether oxygens (including phenoxy) is 1. The number of halogens is 2. The zero-order chi connectivity index (χ0) is 18.9. The Bertz CT molecular complexity index is 769. The summed E-state index contributed by atoms with van der Waals surface area (Å²) in [5, 5.41) is 5.70. The van der Waals surface area contributed by atoms with E-state index in [4.69, 9.17) is 4.74 Å². The smallest absolute Gasteiger partial charge is 0.243 e. The Hall–Kier alpha value is -2.36. The molecular formula is C19H24FIN4O2. The Balaban J connectivity index is 0.00000364. The summed E-state index contributed by atoms with van der Waals surface area (Å²) in [4.78, 5) is 18.1. The van der Waals surface area contributed by atoms with Gasteiger partial charge in [-0.3, -0.25) is 9.79 Å². The van der Waals surface area contributed by atoms with Crippen molar-refractivity contribution in [1.82, 2.24) is 10.2 Å². The first-order valence-electron chi connectivity index (χ1n) is 8.12. The van der Waals surface area contributed by atoms with Crippen molar-refractivity contribution in [2.24, 2.45) is 4.99 Å². The number of benzene rings is 2. The lowest BCUT2D eigenvalue weighted by molar-refractivity contribution is -0.115. The number of anilines is 1. The lowest BCUT2D eigenvalue weighted by Crippen LogP contribution is -2.42. The second-order valence-electron chi connectivity index (χ2n) is 5.62. The van der Waals surface area contributed by atoms with Gasteiger partial charge in [0.05, 0.1) is 13.7 Å². The van der Waals surface area contributed by atoms with Gasteiger partial charge in [0.25, 0.3) is 0 Å². The van der Waals surface area contributed by atoms with Crippen LogP contribution in [0, 0.1) is 5.82 Å². The fourth-order valence-corrected chi connectivity index (χ4v) is 2.45. The van der Waals surface area contributed by atoms with Crippen molar-refractivity contribution < 1.29 is 13.9 Å². The lowest BCUT2D eigenvalue weighted by atomic mass is 10.2. The molecule has 2 aromatic rings. The fourth-order valence-electron chi connectivity index (χ4n) is 2.45. The van der Waals surface area contributed by atoms with E-state index < -0.39 is 0 Å². The average molecular weight is 486 g/mol. The molecule has 6 nitrogen and oxygen atoms in total. The van der Waals surface area contributed by atoms with E-state index in [1.54, 1.807) is 14.2 Å². The maximum Gasteiger partial charge on any atom is 0.243 e. The molecule has 0 aromatic heterocycles. The van der Waals surface area contributed by atoms with Crippen LogP contribution >= 0.6 is 24.0 Å². The molecule has 0 fully saturated rings. The molecule has 0 saturated carbocycles. The summed E-state index contributed by atoms with van der Waals surface area (Å²) >= 11 is 0. The van der Waals surface area contributed by atoms with Gasteiger partial charge >= 0.3 is 0 Å². The highest BCUT2D eigenvalue weighted by molar-refractivity contribution is 14.0. The molecular weight excluding hydrogens is 462 g/mol. The molecule has 0 radical (unpaired) electrons. The number of carbonyl (C=O) groups excluding carboxylic acids is 1. The molecule has 2 aromatic carbocycles. The van der Waals surface area contributed by atoms with Crippen LogP contribution in [-0.2, 0) is 11.3 Å². The molecule has 8 heteroatoms. The number of aliphatic imine (C=N–C) groups is 1. The van der Waals surface area contributed by atoms with E-state index in [1.165, 1.54) is 24.3 Å². The van der Waals surface area contributed by atoms with E-state index in [0.29, 0.717) is 18.2 Å². The van der Waals surface area contributed by atoms with E-state index in [2.05, 4.69) is 15.6 Å². The highest BCUT2D eigenvalue weighted by atomic mass is 127. The highest BCUT2D eigenvalue weighted by Gasteiger charge is 2.11. The van der Waals surface area contributed by atoms with Crippen LogP contribution in [0.5, 0.6) is 5.75 Å². The third kappa shape index (κ3) is 7.05. The Morgan fingerprint density at radius 1 is 1.19 bits per heavy atom. The van der Waals surface area contributed by atoms with E-state index in [0.717, 1.165) is 11.3 Å². The number of guanidine groups is 1. The van der Waals surface area contributed by atoms with Gasteiger partial charge in [0, 0.05) is 31.9 Å². The Labute approximate surface area is 175 Å². The van der Waals surface area contributed by atoms with Crippen molar-refractivity contribution in [2.45, 2.75) is 6.54 Å². The van der Waals surface area contributed by atoms with Gasteiger partial charge in [-0.2, -0.15) is 0 Å². The first-order valence-corrected chi connectivity index (χ1v) is 8.12. The van der Waals surface area contributed by atoms with Gasteiger partial charge in [-0.05, 0) is 30.3 Å². The minimum atomic E-state index is -0.348. The van der Waals surface area contributed by atoms with Crippen molar-refractivity contribution in [2.75, 3.05) is 33.1 Å². The van der Waals surface area contributed by atoms with Crippen molar-refractivity contribution >= 4 is 41.5 Å². The van der Waals surface area contributed by atoms with E-state index in [9.17, 15) is 9.18 Å². The molecule has 0 saturated heterocycles. The number of carbonyl (C=O) groups is 1. The fraction of sp³-hybridized carbons (Fsp3) is 0.263. The molecule has 1 amide bonds. The van der Waals surface area contributed by atoms with Gasteiger partial charge in [-0.15, -0.1) is 24.0 Å². The van der Waals surface area contributed by atoms with E-state index in [1.807, 2.05) is 36.2 Å². The molecule has 0 aliphatic rings. The number of hydrogen-bond donors (Lipinski definition) is 2. The first kappa shape index (κ1) is 22.7. The molecule has 2 rings (SSSR count). The quantitative estimate of drug-likeness (QED) is 0.374. The van der Waals surface area contributed by atoms with Crippen LogP contribution in [0.1, 0.15) is 5.56 Å². The van der Waals surface area contributed by atoms with E-state index >= 15 is 0 Å². The van der Waals surface area contributed by atoms with Crippen molar-refractivity contribution in [1.29, 1.82) is 0 Å². The third-order valence-corrected chi connectivity index (χ3v) is 3.71. The number of nitrogens with zero attached hydrogens (tertiary/aromatic N) is 2. The summed E-state index contributed by atoms with van der Waals surface area (Å²) in [5.41, 5.74) is 1.55. The predicted molar refractivity (Wildman–Crippen MR) is 116 cm³/mol. The van der Waals surface area contributed by atoms with Gasteiger partial charge in [0.1, 0.15) is 11.6 Å². The summed E-state index contributed by atoms with van der Waals surface area (Å²) in [6, 6.07) is 13.3. The number of para-hydroxylation sites is 1. The predicted octanol–water partition coefficient (Wildman–Crippen LogP) is 3.10. The van der Waals surface area contributed by atoms with Crippen molar-refractivity contribution in [3.8, 4) is 5.75 Å². The van der Waals surface area contributed by atoms with Gasteiger partial charge < -0.3 is 20.3 Å². The van der Waals surface area contributed by atoms with Crippen LogP contribution in [0.15, 0.2) is 53.5 Å². The maximum atomic E-state index is 12.9. The summed E-state index contributed by atoms with van der Waals surface area (Å²) in [6.07, 6.45) is 0. The monoisotopic (exact) mass is 486 g/mol. The molecule has 0 unspecified atom stereocenters. The standard InChI is InChI=1S/C19H23FN4O2.HI/c1-21-19(24(2)13-14-6-4-5-7-17(14)26-3)22-12-18(25)23-16-10-8-15(20)9-11-16;/h4-11H,12-13H2,1-3H3,(H,21,22)(H,23,25);1H. The normalized spacial score (nSPS) is 10.6. The zero-order valence-corrected chi connectivity index (χ0v) is 17.9. The first-order chi connectivity index (χ1) is 12.5. The van der Waals surface area contributed by atoms with Gasteiger partial charge in [0.2, 0.25) is 5.91 Å². The molecule has 0 aliphatic carbocycles. The van der Waals surface area contributed by atoms with Crippen molar-refractivity contribution in [3.63, 3.8) is 0 Å². The third-order valence-electron chi connectivity index (χ3n) is 3.71. The van der Waals surface area contributed by atoms with Crippen LogP contribution < -0.4 is 15.4 Å². The van der Waals surface area contributed by atoms with Gasteiger partial charge in [-0.25, -0.2) is 4.39 Å². The largest absolute Gasteiger partial charge is 0.496 e. The van der Waals surface area contributed by atoms with Crippen LogP contribution in [0.3, 0.4) is 0 Å². The number of methoxy groups -OCH3 is 1. The SMILES string of the molecule is CN=C(NCC(=O)Nc1ccc(F)cc1)N(C)Cc1ccccc1OC.I. The van der Waals surface area contributed by atoms with Crippen LogP contribution in [0.2, 0.25) is 0 Å². The summed E-state index contributed by atoms with van der Waals surface area (Å²) < 4.78 is 18.2. The Kier molecular flexibility index (Phi) is 9.55. The molecule has 0 heterocycles. The second-order valence-corrected chi connectivity index (χ2v) is 5.62. The topological polar surface area (TPSA) is 66.0 Å². The summed E-state index contributed by atoms with van der Waals surface area (Å²) in [7, 11) is 5.16. The minimum Gasteiger partial charge on any atom is -0.496 e. The molecule has 146 valence electrons. The zero-order valence-electron chi connectivity index (χ0n) is 15.5. The highest BCUT2D eigenvalue weighted by Crippen LogP contribution is 2.18. The van der Waals surface area contributed by atoms with Gasteiger partial charge in [-0.1, -0.05) is 18.2 Å². The number of amides is 1. The van der Waals surface area contributed by atoms with E-state index in [-0.39, 0.29) is 42.2 Å². The number of nitrogens with one attached hydrogen (secondary N) is 2. The molecule has 0 spiro atoms. The molecule has 0 bridgehead atoms. The molecule has 27 heavy (non-hydrogen) atoms. The number of hydrogen-bond acceptors (Lipinski definition) is 3. The average Bonchev–Trinajstić information content (AvgIpc) is 2.64. The second kappa shape index (κ2) is 11.4. The van der Waals surface area contributed by atoms with Gasteiger partial charge in [0.15, 0.2) is 5.96 Å². The van der Waals surface area contributed by atoms with Crippen molar-refractivity contribution in [3.05, 3.63) is 59.9 Å². The number of rotatable bonds is 6.